The first kappa shape index (κ1) is 22.0. The van der Waals surface area contributed by atoms with E-state index in [2.05, 4.69) is 5.32 Å². The predicted molar refractivity (Wildman–Crippen MR) is 97.7 cm³/mol. The predicted octanol–water partition coefficient (Wildman–Crippen LogP) is 4.44. The Kier molecular flexibility index (Phi) is 6.03. The van der Waals surface area contributed by atoms with Crippen LogP contribution in [-0.2, 0) is 10.3 Å². The summed E-state index contributed by atoms with van der Waals surface area (Å²) in [6.45, 7) is 0.188. The molecule has 2 aromatic rings. The third-order valence-corrected chi connectivity index (χ3v) is 4.96. The molecule has 0 aliphatic heterocycles. The quantitative estimate of drug-likeness (QED) is 0.640. The van der Waals surface area contributed by atoms with Crippen LogP contribution in [0.4, 0.5) is 22.0 Å². The number of carbonyl (C=O) groups excluding carboxylic acids is 1. The van der Waals surface area contributed by atoms with Crippen molar-refractivity contribution in [1.29, 1.82) is 0 Å². The highest BCUT2D eigenvalue weighted by molar-refractivity contribution is 5.78. The van der Waals surface area contributed by atoms with Gasteiger partial charge in [-0.15, -0.1) is 0 Å². The fourth-order valence-electron chi connectivity index (χ4n) is 3.20. The van der Waals surface area contributed by atoms with Crippen molar-refractivity contribution in [3.8, 4) is 5.75 Å². The number of nitrogens with one attached hydrogen (secondary N) is 1. The number of rotatable bonds is 7. The first-order chi connectivity index (χ1) is 14.0. The van der Waals surface area contributed by atoms with Crippen LogP contribution in [0.25, 0.3) is 0 Å². The number of carbonyl (C=O) groups is 1. The molecule has 1 amide bonds. The number of aryl methyl sites for hydroxylation is 1. The molecule has 2 aromatic carbocycles. The van der Waals surface area contributed by atoms with Gasteiger partial charge in [0.05, 0.1) is 18.1 Å². The molecule has 0 saturated heterocycles. The van der Waals surface area contributed by atoms with E-state index in [4.69, 9.17) is 4.74 Å². The zero-order valence-corrected chi connectivity index (χ0v) is 16.0. The van der Waals surface area contributed by atoms with Gasteiger partial charge in [0.25, 0.3) is 0 Å². The van der Waals surface area contributed by atoms with Crippen LogP contribution < -0.4 is 10.1 Å². The Bertz CT molecular complexity index is 941. The summed E-state index contributed by atoms with van der Waals surface area (Å²) >= 11 is 0. The molecule has 2 N–H and O–H groups in total. The molecular formula is C21H20F5NO3. The average Bonchev–Trinajstić information content (AvgIpc) is 3.40. The van der Waals surface area contributed by atoms with Gasteiger partial charge in [0.15, 0.2) is 6.61 Å². The molecule has 1 unspecified atom stereocenters. The van der Waals surface area contributed by atoms with E-state index in [1.807, 2.05) is 0 Å². The summed E-state index contributed by atoms with van der Waals surface area (Å²) in [6.07, 6.45) is -5.28. The van der Waals surface area contributed by atoms with E-state index in [1.54, 1.807) is 19.1 Å². The molecule has 1 aliphatic carbocycles. The van der Waals surface area contributed by atoms with Crippen molar-refractivity contribution in [3.05, 3.63) is 64.7 Å². The summed E-state index contributed by atoms with van der Waals surface area (Å²) in [5, 5.41) is 12.9. The van der Waals surface area contributed by atoms with Crippen molar-refractivity contribution >= 4 is 5.91 Å². The van der Waals surface area contributed by atoms with Gasteiger partial charge in [0, 0.05) is 11.6 Å². The Labute approximate surface area is 169 Å². The maximum absolute atomic E-state index is 13.8. The van der Waals surface area contributed by atoms with Gasteiger partial charge in [-0.1, -0.05) is 18.2 Å². The molecule has 0 bridgehead atoms. The molecule has 0 aromatic heterocycles. The molecule has 0 radical (unpaired) electrons. The third kappa shape index (κ3) is 5.27. The van der Waals surface area contributed by atoms with Crippen LogP contribution in [0.15, 0.2) is 36.4 Å². The highest BCUT2D eigenvalue weighted by Crippen LogP contribution is 2.47. The minimum absolute atomic E-state index is 0.0683. The number of aliphatic hydroxyl groups excluding tert-OH is 1. The van der Waals surface area contributed by atoms with Gasteiger partial charge in [-0.05, 0) is 43.0 Å². The van der Waals surface area contributed by atoms with Gasteiger partial charge in [0.2, 0.25) is 5.91 Å². The van der Waals surface area contributed by atoms with Crippen molar-refractivity contribution < 1.29 is 36.6 Å². The van der Waals surface area contributed by atoms with Crippen LogP contribution in [0.5, 0.6) is 5.75 Å². The SMILES string of the molecule is Cc1ccc(C2(NC(=O)CC(O)c3ccc(F)cc3F)CC2)cc1OCC(F)(F)F. The van der Waals surface area contributed by atoms with E-state index < -0.39 is 48.4 Å². The molecular weight excluding hydrogens is 409 g/mol. The number of benzene rings is 2. The van der Waals surface area contributed by atoms with Crippen LogP contribution in [0.3, 0.4) is 0 Å². The summed E-state index contributed by atoms with van der Waals surface area (Å²) in [6, 6.07) is 7.43. The van der Waals surface area contributed by atoms with E-state index in [0.29, 0.717) is 30.0 Å². The van der Waals surface area contributed by atoms with Crippen molar-refractivity contribution in [2.45, 2.75) is 44.0 Å². The van der Waals surface area contributed by atoms with Crippen LogP contribution in [0.2, 0.25) is 0 Å². The number of amides is 1. The first-order valence-corrected chi connectivity index (χ1v) is 9.24. The Balaban J connectivity index is 1.68. The maximum Gasteiger partial charge on any atom is 0.422 e. The fraction of sp³-hybridized carbons (Fsp3) is 0.381. The van der Waals surface area contributed by atoms with E-state index in [1.165, 1.54) is 6.07 Å². The highest BCUT2D eigenvalue weighted by Gasteiger charge is 2.46. The number of hydrogen-bond donors (Lipinski definition) is 2. The summed E-state index contributed by atoms with van der Waals surface area (Å²) in [7, 11) is 0. The number of alkyl halides is 3. The molecule has 3 rings (SSSR count). The fourth-order valence-corrected chi connectivity index (χ4v) is 3.20. The highest BCUT2D eigenvalue weighted by atomic mass is 19.4. The molecule has 4 nitrogen and oxygen atoms in total. The van der Waals surface area contributed by atoms with E-state index in [0.717, 1.165) is 12.1 Å². The molecule has 1 saturated carbocycles. The molecule has 0 spiro atoms. The number of hydrogen-bond acceptors (Lipinski definition) is 3. The van der Waals surface area contributed by atoms with Gasteiger partial charge < -0.3 is 15.2 Å². The Morgan fingerprint density at radius 2 is 1.90 bits per heavy atom. The van der Waals surface area contributed by atoms with Crippen LogP contribution in [0, 0.1) is 18.6 Å². The lowest BCUT2D eigenvalue weighted by Crippen LogP contribution is -2.35. The summed E-state index contributed by atoms with van der Waals surface area (Å²) in [5.74, 6) is -2.25. The molecule has 0 heterocycles. The monoisotopic (exact) mass is 429 g/mol. The lowest BCUT2D eigenvalue weighted by molar-refractivity contribution is -0.153. The Hall–Kier alpha value is -2.68. The first-order valence-electron chi connectivity index (χ1n) is 9.24. The molecule has 1 atom stereocenters. The van der Waals surface area contributed by atoms with Crippen LogP contribution in [0.1, 0.15) is 42.1 Å². The van der Waals surface area contributed by atoms with Crippen molar-refractivity contribution in [1.82, 2.24) is 5.32 Å². The van der Waals surface area contributed by atoms with E-state index >= 15 is 0 Å². The Morgan fingerprint density at radius 1 is 1.20 bits per heavy atom. The minimum Gasteiger partial charge on any atom is -0.484 e. The van der Waals surface area contributed by atoms with E-state index in [9.17, 15) is 31.9 Å². The molecule has 30 heavy (non-hydrogen) atoms. The largest absolute Gasteiger partial charge is 0.484 e. The lowest BCUT2D eigenvalue weighted by Gasteiger charge is -2.21. The molecule has 9 heteroatoms. The van der Waals surface area contributed by atoms with Crippen molar-refractivity contribution in [2.75, 3.05) is 6.61 Å². The molecule has 1 fully saturated rings. The van der Waals surface area contributed by atoms with Crippen molar-refractivity contribution in [3.63, 3.8) is 0 Å². The number of ether oxygens (including phenoxy) is 1. The smallest absolute Gasteiger partial charge is 0.422 e. The molecule has 1 aliphatic rings. The van der Waals surface area contributed by atoms with Gasteiger partial charge >= 0.3 is 6.18 Å². The van der Waals surface area contributed by atoms with Gasteiger partial charge in [-0.3, -0.25) is 4.79 Å². The third-order valence-electron chi connectivity index (χ3n) is 4.96. The lowest BCUT2D eigenvalue weighted by atomic mass is 10.0. The second-order valence-corrected chi connectivity index (χ2v) is 7.40. The topological polar surface area (TPSA) is 58.6 Å². The second-order valence-electron chi connectivity index (χ2n) is 7.40. The number of aliphatic hydroxyl groups is 1. The zero-order valence-electron chi connectivity index (χ0n) is 16.0. The maximum atomic E-state index is 13.8. The van der Waals surface area contributed by atoms with Crippen LogP contribution >= 0.6 is 0 Å². The zero-order chi connectivity index (χ0) is 22.1. The second kappa shape index (κ2) is 8.22. The number of halogens is 5. The minimum atomic E-state index is -4.47. The Morgan fingerprint density at radius 3 is 2.50 bits per heavy atom. The van der Waals surface area contributed by atoms with Gasteiger partial charge in [0.1, 0.15) is 17.4 Å². The molecule has 162 valence electrons. The van der Waals surface area contributed by atoms with Crippen LogP contribution in [-0.4, -0.2) is 23.8 Å². The summed E-state index contributed by atoms with van der Waals surface area (Å²) in [5.41, 5.74) is 0.130. The standard InChI is InChI=1S/C21H20F5NO3/c1-12-2-3-13(8-18(12)30-11-21(24,25)26)20(6-7-20)27-19(29)10-17(28)15-5-4-14(22)9-16(15)23/h2-5,8-9,17,28H,6-7,10-11H2,1H3,(H,27,29). The van der Waals surface area contributed by atoms with Crippen molar-refractivity contribution in [2.24, 2.45) is 0 Å². The van der Waals surface area contributed by atoms with Gasteiger partial charge in [-0.2, -0.15) is 13.2 Å². The van der Waals surface area contributed by atoms with E-state index in [-0.39, 0.29) is 11.3 Å². The summed E-state index contributed by atoms with van der Waals surface area (Å²) < 4.78 is 69.0. The summed E-state index contributed by atoms with van der Waals surface area (Å²) in [4.78, 5) is 12.4. The average molecular weight is 429 g/mol. The normalized spacial score (nSPS) is 16.1. The van der Waals surface area contributed by atoms with Gasteiger partial charge in [-0.25, -0.2) is 8.78 Å².